The van der Waals surface area contributed by atoms with Crippen molar-refractivity contribution >= 4 is 40.6 Å². The monoisotopic (exact) mass is 525 g/mol. The van der Waals surface area contributed by atoms with Crippen molar-refractivity contribution < 1.29 is 29.0 Å². The quantitative estimate of drug-likeness (QED) is 0.329. The average molecular weight is 526 g/mol. The highest BCUT2D eigenvalue weighted by atomic mass is 32.1. The van der Waals surface area contributed by atoms with Crippen LogP contribution >= 0.6 is 11.5 Å². The maximum absolute atomic E-state index is 14.0. The van der Waals surface area contributed by atoms with Gasteiger partial charge in [-0.25, -0.2) is 0 Å². The van der Waals surface area contributed by atoms with Gasteiger partial charge in [-0.15, -0.1) is 0 Å². The largest absolute Gasteiger partial charge is 0.508 e. The number of rotatable bonds is 9. The number of amides is 3. The zero-order valence-corrected chi connectivity index (χ0v) is 20.9. The molecule has 37 heavy (non-hydrogen) atoms. The summed E-state index contributed by atoms with van der Waals surface area (Å²) >= 11 is 0.720. The Kier molecular flexibility index (Phi) is 7.89. The number of aromatic hydroxyl groups is 1. The third kappa shape index (κ3) is 5.65. The van der Waals surface area contributed by atoms with Crippen molar-refractivity contribution in [2.24, 2.45) is 5.73 Å². The Morgan fingerprint density at radius 3 is 2.49 bits per heavy atom. The van der Waals surface area contributed by atoms with Crippen molar-refractivity contribution in [3.8, 4) is 11.5 Å². The maximum atomic E-state index is 14.0. The first-order chi connectivity index (χ1) is 17.8. The number of primary amides is 1. The van der Waals surface area contributed by atoms with E-state index in [9.17, 15) is 19.5 Å². The summed E-state index contributed by atoms with van der Waals surface area (Å²) in [6.07, 6.45) is 1.61. The van der Waals surface area contributed by atoms with E-state index in [1.807, 2.05) is 0 Å². The van der Waals surface area contributed by atoms with E-state index in [1.165, 1.54) is 24.1 Å². The fraction of sp³-hybridized carbons (Fsp3) is 0.280. The summed E-state index contributed by atoms with van der Waals surface area (Å²) in [6.45, 7) is 0.901. The highest BCUT2D eigenvalue weighted by Crippen LogP contribution is 2.34. The topological polar surface area (TPSA) is 170 Å². The van der Waals surface area contributed by atoms with E-state index in [0.717, 1.165) is 24.4 Å². The van der Waals surface area contributed by atoms with Crippen LogP contribution in [0.5, 0.6) is 11.5 Å². The number of phenolic OH excluding ortho intramolecular Hbond substituents is 1. The Labute approximate surface area is 217 Å². The number of carbonyl (C=O) groups excluding carboxylic acids is 3. The minimum absolute atomic E-state index is 0.00221. The van der Waals surface area contributed by atoms with Crippen LogP contribution < -0.4 is 26.4 Å². The van der Waals surface area contributed by atoms with Crippen LogP contribution in [0.1, 0.15) is 44.6 Å². The van der Waals surface area contributed by atoms with Crippen molar-refractivity contribution in [1.82, 2.24) is 9.69 Å². The van der Waals surface area contributed by atoms with Crippen molar-refractivity contribution in [2.75, 3.05) is 30.9 Å². The average Bonchev–Trinajstić information content (AvgIpc) is 3.56. The van der Waals surface area contributed by atoms with Gasteiger partial charge in [0.15, 0.2) is 5.69 Å². The number of carbonyl (C=O) groups is 3. The van der Waals surface area contributed by atoms with E-state index < -0.39 is 23.8 Å². The molecule has 6 N–H and O–H groups in total. The van der Waals surface area contributed by atoms with Gasteiger partial charge in [-0.1, -0.05) is 12.1 Å². The number of anilines is 2. The second-order valence-corrected chi connectivity index (χ2v) is 9.16. The Morgan fingerprint density at radius 2 is 1.92 bits per heavy atom. The van der Waals surface area contributed by atoms with Gasteiger partial charge in [0, 0.05) is 18.8 Å². The molecule has 1 aliphatic heterocycles. The van der Waals surface area contributed by atoms with Crippen LogP contribution in [0.25, 0.3) is 0 Å². The highest BCUT2D eigenvalue weighted by molar-refractivity contribution is 7.09. The number of ether oxygens (including phenoxy) is 2. The van der Waals surface area contributed by atoms with E-state index in [-0.39, 0.29) is 34.7 Å². The molecule has 2 atom stereocenters. The van der Waals surface area contributed by atoms with E-state index in [0.29, 0.717) is 23.6 Å². The molecule has 1 aromatic heterocycles. The minimum atomic E-state index is -1.17. The maximum Gasteiger partial charge on any atom is 0.273 e. The molecule has 1 aliphatic rings. The second kappa shape index (κ2) is 11.3. The number of nitrogens with one attached hydrogen (secondary N) is 1. The van der Waals surface area contributed by atoms with Crippen LogP contribution in [0.2, 0.25) is 0 Å². The predicted octanol–water partition coefficient (Wildman–Crippen LogP) is 2.22. The molecule has 2 aromatic carbocycles. The Balaban J connectivity index is 1.80. The molecule has 2 heterocycles. The molecule has 0 bridgehead atoms. The number of aromatic nitrogens is 1. The molecule has 12 heteroatoms. The lowest BCUT2D eigenvalue weighted by Crippen LogP contribution is -2.45. The fourth-order valence-electron chi connectivity index (χ4n) is 4.06. The Morgan fingerprint density at radius 1 is 1.22 bits per heavy atom. The minimum Gasteiger partial charge on any atom is -0.508 e. The van der Waals surface area contributed by atoms with Crippen LogP contribution in [-0.2, 0) is 9.53 Å². The summed E-state index contributed by atoms with van der Waals surface area (Å²) in [7, 11) is 1.51. The molecular weight excluding hydrogens is 498 g/mol. The van der Waals surface area contributed by atoms with Gasteiger partial charge < -0.3 is 31.4 Å². The predicted molar refractivity (Wildman–Crippen MR) is 138 cm³/mol. The number of nitrogen functional groups attached to an aromatic ring is 1. The lowest BCUT2D eigenvalue weighted by Gasteiger charge is -2.31. The summed E-state index contributed by atoms with van der Waals surface area (Å²) < 4.78 is 14.8. The summed E-state index contributed by atoms with van der Waals surface area (Å²) in [6, 6.07) is 11.4. The SMILES string of the molecule is COc1ccc(N(C(=O)c2snc(C(N)=O)c2N)C(C(=O)NCC2CCCO2)c2ccc(O)cc2)cc1. The Bertz CT molecular complexity index is 1270. The van der Waals surface area contributed by atoms with Gasteiger partial charge in [0.1, 0.15) is 22.4 Å². The molecule has 194 valence electrons. The Hall–Kier alpha value is -4.16. The third-order valence-electron chi connectivity index (χ3n) is 5.97. The summed E-state index contributed by atoms with van der Waals surface area (Å²) in [4.78, 5) is 40.6. The lowest BCUT2D eigenvalue weighted by molar-refractivity contribution is -0.123. The van der Waals surface area contributed by atoms with Crippen molar-refractivity contribution in [3.05, 3.63) is 64.7 Å². The van der Waals surface area contributed by atoms with Crippen LogP contribution in [0.3, 0.4) is 0 Å². The summed E-state index contributed by atoms with van der Waals surface area (Å²) in [5, 5.41) is 12.7. The number of methoxy groups -OCH3 is 1. The molecule has 2 unspecified atom stereocenters. The molecule has 1 fully saturated rings. The molecule has 0 spiro atoms. The summed E-state index contributed by atoms with van der Waals surface area (Å²) in [5.41, 5.74) is 11.8. The number of benzene rings is 2. The van der Waals surface area contributed by atoms with Crippen molar-refractivity contribution in [3.63, 3.8) is 0 Å². The molecule has 4 rings (SSSR count). The van der Waals surface area contributed by atoms with E-state index >= 15 is 0 Å². The van der Waals surface area contributed by atoms with Crippen molar-refractivity contribution in [2.45, 2.75) is 25.0 Å². The number of nitrogens with zero attached hydrogens (tertiary/aromatic N) is 2. The van der Waals surface area contributed by atoms with E-state index in [4.69, 9.17) is 20.9 Å². The number of phenols is 1. The zero-order chi connectivity index (χ0) is 26.5. The van der Waals surface area contributed by atoms with Crippen LogP contribution in [-0.4, -0.2) is 53.6 Å². The van der Waals surface area contributed by atoms with Crippen LogP contribution in [0.15, 0.2) is 48.5 Å². The van der Waals surface area contributed by atoms with Crippen LogP contribution in [0, 0.1) is 0 Å². The summed E-state index contributed by atoms with van der Waals surface area (Å²) in [5.74, 6) is -1.44. The molecule has 3 aromatic rings. The molecule has 0 saturated carbocycles. The molecule has 0 radical (unpaired) electrons. The number of nitrogens with two attached hydrogens (primary N) is 2. The van der Waals surface area contributed by atoms with Crippen molar-refractivity contribution in [1.29, 1.82) is 0 Å². The molecule has 1 saturated heterocycles. The van der Waals surface area contributed by atoms with Gasteiger partial charge in [0.2, 0.25) is 5.91 Å². The van der Waals surface area contributed by atoms with Gasteiger partial charge in [0.25, 0.3) is 11.8 Å². The highest BCUT2D eigenvalue weighted by Gasteiger charge is 2.36. The van der Waals surface area contributed by atoms with Crippen LogP contribution in [0.4, 0.5) is 11.4 Å². The first-order valence-electron chi connectivity index (χ1n) is 11.5. The number of hydrogen-bond donors (Lipinski definition) is 4. The third-order valence-corrected chi connectivity index (χ3v) is 6.82. The molecule has 11 nitrogen and oxygen atoms in total. The second-order valence-electron chi connectivity index (χ2n) is 8.39. The molecule has 3 amide bonds. The number of hydrogen-bond acceptors (Lipinski definition) is 9. The van der Waals surface area contributed by atoms with E-state index in [2.05, 4.69) is 9.69 Å². The lowest BCUT2D eigenvalue weighted by atomic mass is 10.0. The fourth-order valence-corrected chi connectivity index (χ4v) is 4.80. The zero-order valence-electron chi connectivity index (χ0n) is 20.0. The first kappa shape index (κ1) is 25.9. The molecular formula is C25H27N5O6S. The van der Waals surface area contributed by atoms with Gasteiger partial charge in [-0.2, -0.15) is 4.37 Å². The van der Waals surface area contributed by atoms with Gasteiger partial charge in [-0.05, 0) is 66.3 Å². The van der Waals surface area contributed by atoms with Gasteiger partial charge >= 0.3 is 0 Å². The first-order valence-corrected chi connectivity index (χ1v) is 12.3. The van der Waals surface area contributed by atoms with E-state index in [1.54, 1.807) is 36.4 Å². The molecule has 0 aliphatic carbocycles. The smallest absolute Gasteiger partial charge is 0.273 e. The standard InChI is InChI=1S/C25H27N5O6S/c1-35-17-10-6-15(7-11-17)30(25(34)22-19(26)20(23(27)32)29-37-22)21(14-4-8-16(31)9-5-14)24(33)28-13-18-3-2-12-36-18/h4-11,18,21,31H,2-3,12-13,26H2,1H3,(H2,27,32)(H,28,33). The van der Waals surface area contributed by atoms with Gasteiger partial charge in [-0.3, -0.25) is 19.3 Å². The normalized spacial score (nSPS) is 15.6. The van der Waals surface area contributed by atoms with Gasteiger partial charge in [0.05, 0.1) is 18.9 Å².